The fourth-order valence-electron chi connectivity index (χ4n) is 2.74. The molecule has 2 rings (SSSR count). The minimum Gasteiger partial charge on any atom is -0.379 e. The number of hydrogen-bond acceptors (Lipinski definition) is 3. The van der Waals surface area contributed by atoms with Crippen LogP contribution in [0.4, 0.5) is 4.79 Å². The second kappa shape index (κ2) is 9.53. The number of nitrogens with one attached hydrogen (secondary N) is 1. The molecule has 5 heteroatoms. The van der Waals surface area contributed by atoms with Gasteiger partial charge in [-0.25, -0.2) is 4.79 Å². The molecule has 1 fully saturated rings. The van der Waals surface area contributed by atoms with E-state index in [2.05, 4.69) is 41.4 Å². The smallest absolute Gasteiger partial charge is 0.317 e. The highest BCUT2D eigenvalue weighted by Crippen LogP contribution is 2.08. The molecular weight excluding hydrogens is 290 g/mol. The largest absolute Gasteiger partial charge is 0.379 e. The van der Waals surface area contributed by atoms with Gasteiger partial charge < -0.3 is 15.0 Å². The number of urea groups is 1. The maximum Gasteiger partial charge on any atom is 0.317 e. The number of aryl methyl sites for hydroxylation is 1. The number of carbonyl (C=O) groups is 1. The Labute approximate surface area is 139 Å². The molecule has 1 aromatic carbocycles. The number of hydrogen-bond donors (Lipinski definition) is 1. The number of ether oxygens (including phenoxy) is 1. The quantitative estimate of drug-likeness (QED) is 0.838. The van der Waals surface area contributed by atoms with E-state index in [-0.39, 0.29) is 6.03 Å². The molecule has 2 amide bonds. The lowest BCUT2D eigenvalue weighted by atomic mass is 10.1. The first-order valence-corrected chi connectivity index (χ1v) is 8.57. The summed E-state index contributed by atoms with van der Waals surface area (Å²) in [5.41, 5.74) is 2.42. The van der Waals surface area contributed by atoms with Crippen LogP contribution in [0.15, 0.2) is 24.3 Å². The number of rotatable bonds is 7. The third-order valence-electron chi connectivity index (χ3n) is 4.12. The Morgan fingerprint density at radius 1 is 1.26 bits per heavy atom. The standard InChI is InChI=1S/C18H29N3O2/c1-3-19-18(22)21(15-17-7-5-16(2)6-8-17)10-4-9-20-11-13-23-14-12-20/h5-8H,3-4,9-15H2,1-2H3,(H,19,22). The van der Waals surface area contributed by atoms with E-state index in [4.69, 9.17) is 4.74 Å². The van der Waals surface area contributed by atoms with Crippen LogP contribution in [0.1, 0.15) is 24.5 Å². The van der Waals surface area contributed by atoms with Gasteiger partial charge in [0.05, 0.1) is 13.2 Å². The van der Waals surface area contributed by atoms with Gasteiger partial charge in [0.1, 0.15) is 0 Å². The van der Waals surface area contributed by atoms with Crippen molar-refractivity contribution in [3.8, 4) is 0 Å². The van der Waals surface area contributed by atoms with Gasteiger partial charge >= 0.3 is 6.03 Å². The molecule has 1 saturated heterocycles. The molecule has 0 unspecified atom stereocenters. The maximum absolute atomic E-state index is 12.3. The summed E-state index contributed by atoms with van der Waals surface area (Å²) in [6.45, 7) is 10.8. The van der Waals surface area contributed by atoms with Crippen LogP contribution in [0, 0.1) is 6.92 Å². The summed E-state index contributed by atoms with van der Waals surface area (Å²) in [5, 5.41) is 2.92. The highest BCUT2D eigenvalue weighted by atomic mass is 16.5. The molecule has 0 saturated carbocycles. The Bertz CT molecular complexity index is 470. The Morgan fingerprint density at radius 3 is 2.61 bits per heavy atom. The van der Waals surface area contributed by atoms with Gasteiger partial charge in [0.15, 0.2) is 0 Å². The normalized spacial score (nSPS) is 15.4. The fraction of sp³-hybridized carbons (Fsp3) is 0.611. The van der Waals surface area contributed by atoms with Crippen LogP contribution in [0.25, 0.3) is 0 Å². The van der Waals surface area contributed by atoms with Crippen molar-refractivity contribution >= 4 is 6.03 Å². The molecule has 5 nitrogen and oxygen atoms in total. The molecule has 1 aliphatic rings. The van der Waals surface area contributed by atoms with Crippen LogP contribution in [-0.4, -0.2) is 61.8 Å². The second-order valence-corrected chi connectivity index (χ2v) is 6.05. The topological polar surface area (TPSA) is 44.8 Å². The summed E-state index contributed by atoms with van der Waals surface area (Å²) in [7, 11) is 0. The molecular formula is C18H29N3O2. The summed E-state index contributed by atoms with van der Waals surface area (Å²) < 4.78 is 5.37. The van der Waals surface area contributed by atoms with E-state index < -0.39 is 0 Å². The van der Waals surface area contributed by atoms with Crippen molar-refractivity contribution in [3.63, 3.8) is 0 Å². The molecule has 0 aromatic heterocycles. The third kappa shape index (κ3) is 6.20. The summed E-state index contributed by atoms with van der Waals surface area (Å²) in [6.07, 6.45) is 0.989. The number of benzene rings is 1. The molecule has 0 radical (unpaired) electrons. The number of carbonyl (C=O) groups excluding carboxylic acids is 1. The fourth-order valence-corrected chi connectivity index (χ4v) is 2.74. The van der Waals surface area contributed by atoms with Crippen LogP contribution < -0.4 is 5.32 Å². The first-order valence-electron chi connectivity index (χ1n) is 8.57. The van der Waals surface area contributed by atoms with Gasteiger partial charge in [-0.2, -0.15) is 0 Å². The van der Waals surface area contributed by atoms with Crippen molar-refractivity contribution in [2.24, 2.45) is 0 Å². The van der Waals surface area contributed by atoms with E-state index in [1.165, 1.54) is 11.1 Å². The first-order chi connectivity index (χ1) is 11.2. The van der Waals surface area contributed by atoms with Crippen molar-refractivity contribution in [2.75, 3.05) is 45.9 Å². The highest BCUT2D eigenvalue weighted by Gasteiger charge is 2.15. The molecule has 0 spiro atoms. The van der Waals surface area contributed by atoms with Crippen LogP contribution in [0.2, 0.25) is 0 Å². The molecule has 1 N–H and O–H groups in total. The van der Waals surface area contributed by atoms with E-state index in [0.717, 1.165) is 45.8 Å². The lowest BCUT2D eigenvalue weighted by Crippen LogP contribution is -2.42. The predicted octanol–water partition coefficient (Wildman–Crippen LogP) is 2.25. The SMILES string of the molecule is CCNC(=O)N(CCCN1CCOCC1)Cc1ccc(C)cc1. The second-order valence-electron chi connectivity index (χ2n) is 6.05. The third-order valence-corrected chi connectivity index (χ3v) is 4.12. The number of morpholine rings is 1. The van der Waals surface area contributed by atoms with Gasteiger partial charge in [-0.1, -0.05) is 29.8 Å². The summed E-state index contributed by atoms with van der Waals surface area (Å²) in [6, 6.07) is 8.42. The van der Waals surface area contributed by atoms with Gasteiger partial charge in [0.2, 0.25) is 0 Å². The van der Waals surface area contributed by atoms with Crippen molar-refractivity contribution in [1.29, 1.82) is 0 Å². The minimum atomic E-state index is 0.0232. The van der Waals surface area contributed by atoms with E-state index in [1.807, 2.05) is 11.8 Å². The molecule has 1 aliphatic heterocycles. The number of amides is 2. The van der Waals surface area contributed by atoms with Crippen molar-refractivity contribution in [1.82, 2.24) is 15.1 Å². The Morgan fingerprint density at radius 2 is 1.96 bits per heavy atom. The summed E-state index contributed by atoms with van der Waals surface area (Å²) in [5.74, 6) is 0. The van der Waals surface area contributed by atoms with Crippen LogP contribution in [0.5, 0.6) is 0 Å². The molecule has 0 aliphatic carbocycles. The molecule has 128 valence electrons. The van der Waals surface area contributed by atoms with Gasteiger partial charge in [0, 0.05) is 39.3 Å². The highest BCUT2D eigenvalue weighted by molar-refractivity contribution is 5.74. The lowest BCUT2D eigenvalue weighted by molar-refractivity contribution is 0.0364. The van der Waals surface area contributed by atoms with Gasteiger partial charge in [-0.05, 0) is 25.8 Å². The zero-order chi connectivity index (χ0) is 16.5. The summed E-state index contributed by atoms with van der Waals surface area (Å²) in [4.78, 5) is 16.6. The van der Waals surface area contributed by atoms with E-state index in [1.54, 1.807) is 0 Å². The Kier molecular flexibility index (Phi) is 7.36. The average Bonchev–Trinajstić information content (AvgIpc) is 2.57. The van der Waals surface area contributed by atoms with Crippen molar-refractivity contribution in [3.05, 3.63) is 35.4 Å². The van der Waals surface area contributed by atoms with Crippen LogP contribution >= 0.6 is 0 Å². The number of nitrogens with zero attached hydrogens (tertiary/aromatic N) is 2. The zero-order valence-corrected chi connectivity index (χ0v) is 14.4. The van der Waals surface area contributed by atoms with Gasteiger partial charge in [0.25, 0.3) is 0 Å². The molecule has 0 bridgehead atoms. The minimum absolute atomic E-state index is 0.0232. The van der Waals surface area contributed by atoms with E-state index in [0.29, 0.717) is 13.1 Å². The maximum atomic E-state index is 12.3. The molecule has 1 aromatic rings. The monoisotopic (exact) mass is 319 g/mol. The average molecular weight is 319 g/mol. The van der Waals surface area contributed by atoms with Crippen LogP contribution in [-0.2, 0) is 11.3 Å². The van der Waals surface area contributed by atoms with E-state index in [9.17, 15) is 4.79 Å². The molecule has 23 heavy (non-hydrogen) atoms. The Balaban J connectivity index is 1.85. The van der Waals surface area contributed by atoms with Gasteiger partial charge in [-0.15, -0.1) is 0 Å². The Hall–Kier alpha value is -1.59. The molecule has 1 heterocycles. The zero-order valence-electron chi connectivity index (χ0n) is 14.4. The lowest BCUT2D eigenvalue weighted by Gasteiger charge is -2.28. The van der Waals surface area contributed by atoms with Crippen molar-refractivity contribution in [2.45, 2.75) is 26.8 Å². The first kappa shape index (κ1) is 17.8. The van der Waals surface area contributed by atoms with E-state index >= 15 is 0 Å². The predicted molar refractivity (Wildman–Crippen MR) is 92.5 cm³/mol. The van der Waals surface area contributed by atoms with Gasteiger partial charge in [-0.3, -0.25) is 4.90 Å². The summed E-state index contributed by atoms with van der Waals surface area (Å²) >= 11 is 0. The molecule has 0 atom stereocenters. The van der Waals surface area contributed by atoms with Crippen molar-refractivity contribution < 1.29 is 9.53 Å². The van der Waals surface area contributed by atoms with Crippen LogP contribution in [0.3, 0.4) is 0 Å².